The average Bonchev–Trinajstić information content (AvgIpc) is 2.91. The van der Waals surface area contributed by atoms with E-state index in [0.29, 0.717) is 5.92 Å². The Morgan fingerprint density at radius 1 is 1.32 bits per heavy atom. The number of hydrogen-bond donors (Lipinski definition) is 1. The molecule has 0 saturated heterocycles. The number of nitrogens with zero attached hydrogens (tertiary/aromatic N) is 2. The van der Waals surface area contributed by atoms with Crippen LogP contribution in [0.15, 0.2) is 36.5 Å². The number of aromatic nitrogens is 2. The molecule has 2 N–H and O–H groups in total. The Balaban J connectivity index is 2.03. The van der Waals surface area contributed by atoms with E-state index in [-0.39, 0.29) is 0 Å². The van der Waals surface area contributed by atoms with Crippen LogP contribution in [-0.2, 0) is 6.54 Å². The third-order valence-corrected chi connectivity index (χ3v) is 4.12. The van der Waals surface area contributed by atoms with Crippen LogP contribution >= 0.6 is 11.3 Å². The number of nitrogens with two attached hydrogens (primary N) is 1. The van der Waals surface area contributed by atoms with E-state index in [4.69, 9.17) is 5.73 Å². The van der Waals surface area contributed by atoms with E-state index in [1.807, 2.05) is 10.9 Å². The monoisotopic (exact) mass is 271 g/mol. The molecule has 0 saturated carbocycles. The van der Waals surface area contributed by atoms with Crippen LogP contribution in [0.1, 0.15) is 13.8 Å². The van der Waals surface area contributed by atoms with Crippen LogP contribution in [0.3, 0.4) is 0 Å². The molecule has 2 aromatic heterocycles. The van der Waals surface area contributed by atoms with Crippen molar-refractivity contribution < 1.29 is 0 Å². The Bertz CT molecular complexity index is 676. The van der Waals surface area contributed by atoms with Gasteiger partial charge in [0.25, 0.3) is 0 Å². The van der Waals surface area contributed by atoms with Crippen LogP contribution in [0, 0.1) is 5.92 Å². The van der Waals surface area contributed by atoms with E-state index in [1.165, 1.54) is 10.1 Å². The van der Waals surface area contributed by atoms with Crippen LogP contribution in [0.2, 0.25) is 0 Å². The fourth-order valence-corrected chi connectivity index (χ4v) is 3.26. The summed E-state index contributed by atoms with van der Waals surface area (Å²) in [5.74, 6) is 0.564. The Labute approximate surface area is 116 Å². The number of fused-ring (bicyclic) bond motifs is 1. The van der Waals surface area contributed by atoms with Gasteiger partial charge in [0.05, 0.1) is 10.6 Å². The Morgan fingerprint density at radius 2 is 2.11 bits per heavy atom. The molecule has 1 aromatic carbocycles. The molecule has 0 aliphatic carbocycles. The fourth-order valence-electron chi connectivity index (χ4n) is 2.19. The van der Waals surface area contributed by atoms with Gasteiger partial charge in [0.2, 0.25) is 0 Å². The van der Waals surface area contributed by atoms with Gasteiger partial charge in [-0.1, -0.05) is 32.0 Å². The summed E-state index contributed by atoms with van der Waals surface area (Å²) in [6, 6.07) is 10.5. The van der Waals surface area contributed by atoms with Crippen LogP contribution in [0.5, 0.6) is 0 Å². The fraction of sp³-hybridized carbons (Fsp3) is 0.267. The lowest BCUT2D eigenvalue weighted by molar-refractivity contribution is 0.484. The topological polar surface area (TPSA) is 43.8 Å². The summed E-state index contributed by atoms with van der Waals surface area (Å²) in [4.78, 5) is 1.14. The Kier molecular flexibility index (Phi) is 3.03. The number of nitrogen functional groups attached to an aromatic ring is 1. The molecule has 0 bridgehead atoms. The number of rotatable bonds is 3. The van der Waals surface area contributed by atoms with E-state index in [9.17, 15) is 0 Å². The summed E-state index contributed by atoms with van der Waals surface area (Å²) in [5, 5.41) is 5.87. The maximum atomic E-state index is 6.09. The minimum Gasteiger partial charge on any atom is -0.396 e. The van der Waals surface area contributed by atoms with Crippen LogP contribution in [0.25, 0.3) is 20.7 Å². The molecule has 98 valence electrons. The van der Waals surface area contributed by atoms with Crippen molar-refractivity contribution in [2.75, 3.05) is 5.73 Å². The van der Waals surface area contributed by atoms with Crippen molar-refractivity contribution in [3.05, 3.63) is 36.5 Å². The predicted molar refractivity (Wildman–Crippen MR) is 82.3 cm³/mol. The molecule has 3 aromatic rings. The molecule has 0 radical (unpaired) electrons. The molecule has 0 aliphatic rings. The van der Waals surface area contributed by atoms with E-state index in [1.54, 1.807) is 11.3 Å². The molecule has 0 fully saturated rings. The molecule has 0 atom stereocenters. The van der Waals surface area contributed by atoms with Gasteiger partial charge in [-0.15, -0.1) is 11.3 Å². The lowest BCUT2D eigenvalue weighted by Crippen LogP contribution is -2.04. The van der Waals surface area contributed by atoms with Crippen molar-refractivity contribution in [1.29, 1.82) is 0 Å². The molecule has 4 heteroatoms. The summed E-state index contributed by atoms with van der Waals surface area (Å²) < 4.78 is 3.22. The van der Waals surface area contributed by atoms with Crippen LogP contribution < -0.4 is 5.73 Å². The van der Waals surface area contributed by atoms with Gasteiger partial charge in [-0.05, 0) is 23.4 Å². The van der Waals surface area contributed by atoms with Gasteiger partial charge in [0.15, 0.2) is 0 Å². The van der Waals surface area contributed by atoms with Gasteiger partial charge < -0.3 is 5.73 Å². The van der Waals surface area contributed by atoms with E-state index < -0.39 is 0 Å². The van der Waals surface area contributed by atoms with Gasteiger partial charge >= 0.3 is 0 Å². The van der Waals surface area contributed by atoms with Crippen molar-refractivity contribution in [1.82, 2.24) is 9.78 Å². The van der Waals surface area contributed by atoms with Crippen molar-refractivity contribution >= 4 is 27.1 Å². The summed E-state index contributed by atoms with van der Waals surface area (Å²) in [5.41, 5.74) is 7.76. The minimum absolute atomic E-state index is 0.564. The number of thiophene rings is 1. The van der Waals surface area contributed by atoms with Gasteiger partial charge in [-0.3, -0.25) is 4.68 Å². The smallest absolute Gasteiger partial charge is 0.125 e. The normalized spacial score (nSPS) is 11.5. The number of anilines is 1. The first-order valence-corrected chi connectivity index (χ1v) is 7.27. The first-order valence-electron chi connectivity index (χ1n) is 6.45. The van der Waals surface area contributed by atoms with Crippen molar-refractivity contribution in [3.63, 3.8) is 0 Å². The zero-order valence-electron chi connectivity index (χ0n) is 11.1. The molecule has 2 heterocycles. The first-order chi connectivity index (χ1) is 9.13. The standard InChI is InChI=1S/C15H17N3S/c1-10(2)8-18-9-12(16)15(17-18)14-7-11-5-3-4-6-13(11)19-14/h3-7,9-10H,8,16H2,1-2H3. The SMILES string of the molecule is CC(C)Cn1cc(N)c(-c2cc3ccccc3s2)n1. The van der Waals surface area contributed by atoms with Crippen molar-refractivity contribution in [2.45, 2.75) is 20.4 Å². The van der Waals surface area contributed by atoms with Crippen molar-refractivity contribution in [3.8, 4) is 10.6 Å². The Hall–Kier alpha value is -1.81. The van der Waals surface area contributed by atoms with E-state index in [0.717, 1.165) is 22.8 Å². The molecular weight excluding hydrogens is 254 g/mol. The molecule has 3 rings (SSSR count). The third-order valence-electron chi connectivity index (χ3n) is 3.00. The average molecular weight is 271 g/mol. The van der Waals surface area contributed by atoms with Gasteiger partial charge in [-0.2, -0.15) is 5.10 Å². The maximum absolute atomic E-state index is 6.09. The van der Waals surface area contributed by atoms with Gasteiger partial charge in [0, 0.05) is 17.4 Å². The molecular formula is C15H17N3S. The largest absolute Gasteiger partial charge is 0.396 e. The number of hydrogen-bond acceptors (Lipinski definition) is 3. The zero-order chi connectivity index (χ0) is 13.4. The second kappa shape index (κ2) is 4.70. The lowest BCUT2D eigenvalue weighted by atomic mass is 10.2. The lowest BCUT2D eigenvalue weighted by Gasteiger charge is -2.03. The third kappa shape index (κ3) is 2.36. The van der Waals surface area contributed by atoms with E-state index in [2.05, 4.69) is 49.3 Å². The summed E-state index contributed by atoms with van der Waals surface area (Å²) >= 11 is 1.74. The highest BCUT2D eigenvalue weighted by molar-refractivity contribution is 7.22. The molecule has 0 amide bonds. The summed E-state index contributed by atoms with van der Waals surface area (Å²) in [6.07, 6.45) is 1.93. The second-order valence-corrected chi connectivity index (χ2v) is 6.28. The van der Waals surface area contributed by atoms with Crippen LogP contribution in [0.4, 0.5) is 5.69 Å². The highest BCUT2D eigenvalue weighted by Crippen LogP contribution is 2.35. The summed E-state index contributed by atoms with van der Waals surface area (Å²) in [7, 11) is 0. The molecule has 0 spiro atoms. The predicted octanol–water partition coefficient (Wildman–Crippen LogP) is 4.00. The molecule has 3 nitrogen and oxygen atoms in total. The molecule has 19 heavy (non-hydrogen) atoms. The van der Waals surface area contributed by atoms with Gasteiger partial charge in [0.1, 0.15) is 5.69 Å². The van der Waals surface area contributed by atoms with Gasteiger partial charge in [-0.25, -0.2) is 0 Å². The Morgan fingerprint density at radius 3 is 2.84 bits per heavy atom. The zero-order valence-corrected chi connectivity index (χ0v) is 11.9. The minimum atomic E-state index is 0.564. The highest BCUT2D eigenvalue weighted by atomic mass is 32.1. The number of benzene rings is 1. The maximum Gasteiger partial charge on any atom is 0.125 e. The van der Waals surface area contributed by atoms with E-state index >= 15 is 0 Å². The second-order valence-electron chi connectivity index (χ2n) is 5.20. The highest BCUT2D eigenvalue weighted by Gasteiger charge is 2.12. The molecule has 0 aliphatic heterocycles. The first kappa shape index (κ1) is 12.2. The quantitative estimate of drug-likeness (QED) is 0.782. The summed E-state index contributed by atoms with van der Waals surface area (Å²) in [6.45, 7) is 5.25. The van der Waals surface area contributed by atoms with Crippen molar-refractivity contribution in [2.24, 2.45) is 5.92 Å². The van der Waals surface area contributed by atoms with Crippen LogP contribution in [-0.4, -0.2) is 9.78 Å². The molecule has 0 unspecified atom stereocenters.